The van der Waals surface area contributed by atoms with Gasteiger partial charge in [0, 0.05) is 0 Å². The summed E-state index contributed by atoms with van der Waals surface area (Å²) in [7, 11) is 1.76. The molecule has 2 aromatic carbocycles. The van der Waals surface area contributed by atoms with Crippen molar-refractivity contribution in [1.82, 2.24) is 10.6 Å². The van der Waals surface area contributed by atoms with Crippen LogP contribution in [0.1, 0.15) is 24.5 Å². The fourth-order valence-corrected chi connectivity index (χ4v) is 3.10. The summed E-state index contributed by atoms with van der Waals surface area (Å²) in [5.41, 5.74) is 8.09. The molecule has 0 aliphatic rings. The normalized spacial score (nSPS) is 14.2. The van der Waals surface area contributed by atoms with Gasteiger partial charge in [0.25, 0.3) is 0 Å². The van der Waals surface area contributed by atoms with Gasteiger partial charge in [-0.15, -0.1) is 0 Å². The highest BCUT2D eigenvalue weighted by atomic mass is 16.2. The molecule has 5 nitrogen and oxygen atoms in total. The fourth-order valence-electron chi connectivity index (χ4n) is 3.10. The van der Waals surface area contributed by atoms with E-state index in [2.05, 4.69) is 10.6 Å². The van der Waals surface area contributed by atoms with E-state index in [-0.39, 0.29) is 17.7 Å². The van der Waals surface area contributed by atoms with Gasteiger partial charge in [0.05, 0.1) is 18.1 Å². The van der Waals surface area contributed by atoms with E-state index in [4.69, 9.17) is 5.73 Å². The number of Topliss-reactive ketones (excluding diaryl/α,β-unsaturated/α-hetero) is 1. The molecule has 0 aliphatic carbocycles. The Morgan fingerprint density at radius 1 is 0.889 bits per heavy atom. The van der Waals surface area contributed by atoms with Gasteiger partial charge in [0.2, 0.25) is 5.91 Å². The first-order valence-corrected chi connectivity index (χ1v) is 9.40. The summed E-state index contributed by atoms with van der Waals surface area (Å²) in [5.74, 6) is -0.330. The van der Waals surface area contributed by atoms with Crippen LogP contribution in [0, 0.1) is 0 Å². The summed E-state index contributed by atoms with van der Waals surface area (Å²) < 4.78 is 0. The molecular weight excluding hydrogens is 338 g/mol. The molecule has 0 aromatic heterocycles. The Kier molecular flexibility index (Phi) is 8.17. The molecule has 0 heterocycles. The number of carbonyl (C=O) groups excluding carboxylic acids is 2. The van der Waals surface area contributed by atoms with Gasteiger partial charge >= 0.3 is 0 Å². The van der Waals surface area contributed by atoms with Gasteiger partial charge in [-0.25, -0.2) is 0 Å². The zero-order valence-corrected chi connectivity index (χ0v) is 16.0. The summed E-state index contributed by atoms with van der Waals surface area (Å²) in [5, 5.41) is 5.91. The Morgan fingerprint density at radius 3 is 1.89 bits per heavy atom. The lowest BCUT2D eigenvalue weighted by Gasteiger charge is -2.24. The van der Waals surface area contributed by atoms with Crippen molar-refractivity contribution in [3.05, 3.63) is 71.8 Å². The summed E-state index contributed by atoms with van der Waals surface area (Å²) >= 11 is 0. The second-order valence-corrected chi connectivity index (χ2v) is 6.70. The maximum Gasteiger partial charge on any atom is 0.237 e. The van der Waals surface area contributed by atoms with Gasteiger partial charge in [-0.05, 0) is 37.4 Å². The maximum atomic E-state index is 12.9. The third-order valence-corrected chi connectivity index (χ3v) is 4.68. The van der Waals surface area contributed by atoms with Crippen molar-refractivity contribution >= 4 is 11.7 Å². The highest BCUT2D eigenvalue weighted by Crippen LogP contribution is 2.09. The van der Waals surface area contributed by atoms with E-state index in [1.54, 1.807) is 7.05 Å². The zero-order valence-electron chi connectivity index (χ0n) is 16.0. The number of likely N-dealkylation sites (N-methyl/N-ethyl adjacent to an activating group) is 1. The van der Waals surface area contributed by atoms with Gasteiger partial charge < -0.3 is 16.4 Å². The largest absolute Gasteiger partial charge is 0.345 e. The number of nitrogens with two attached hydrogens (primary N) is 1. The standard InChI is InChI=1S/C22H29N3O2/c1-3-19(24-2)21(26)20(15-17-12-8-5-9-13-17)25-22(27)18(23)14-16-10-6-4-7-11-16/h4-13,18-20,24H,3,14-15,23H2,1-2H3,(H,25,27). The third kappa shape index (κ3) is 6.31. The number of benzene rings is 2. The van der Waals surface area contributed by atoms with Crippen LogP contribution in [0.2, 0.25) is 0 Å². The molecule has 3 unspecified atom stereocenters. The molecule has 2 aromatic rings. The highest BCUT2D eigenvalue weighted by molar-refractivity contribution is 5.94. The van der Waals surface area contributed by atoms with Gasteiger partial charge in [0.1, 0.15) is 0 Å². The average Bonchev–Trinajstić information content (AvgIpc) is 2.69. The van der Waals surface area contributed by atoms with Crippen LogP contribution in [0.25, 0.3) is 0 Å². The molecular formula is C22H29N3O2. The number of carbonyl (C=O) groups is 2. The number of rotatable bonds is 10. The topological polar surface area (TPSA) is 84.2 Å². The van der Waals surface area contributed by atoms with E-state index in [1.807, 2.05) is 67.6 Å². The zero-order chi connectivity index (χ0) is 19.6. The van der Waals surface area contributed by atoms with Crippen molar-refractivity contribution in [1.29, 1.82) is 0 Å². The van der Waals surface area contributed by atoms with Crippen LogP contribution in [0.4, 0.5) is 0 Å². The van der Waals surface area contributed by atoms with Crippen LogP contribution in [-0.2, 0) is 22.4 Å². The maximum absolute atomic E-state index is 12.9. The lowest BCUT2D eigenvalue weighted by atomic mass is 9.96. The van der Waals surface area contributed by atoms with E-state index in [9.17, 15) is 9.59 Å². The van der Waals surface area contributed by atoms with Crippen LogP contribution >= 0.6 is 0 Å². The second-order valence-electron chi connectivity index (χ2n) is 6.70. The van der Waals surface area contributed by atoms with Crippen LogP contribution in [0.3, 0.4) is 0 Å². The quantitative estimate of drug-likeness (QED) is 0.598. The van der Waals surface area contributed by atoms with Crippen LogP contribution in [0.5, 0.6) is 0 Å². The number of amides is 1. The molecule has 0 saturated heterocycles. The first-order chi connectivity index (χ1) is 13.0. The van der Waals surface area contributed by atoms with Crippen LogP contribution in [-0.4, -0.2) is 36.9 Å². The van der Waals surface area contributed by atoms with Crippen LogP contribution in [0.15, 0.2) is 60.7 Å². The van der Waals surface area contributed by atoms with E-state index < -0.39 is 12.1 Å². The highest BCUT2D eigenvalue weighted by Gasteiger charge is 2.28. The molecule has 0 aliphatic heterocycles. The van der Waals surface area contributed by atoms with E-state index in [1.165, 1.54) is 0 Å². The summed E-state index contributed by atoms with van der Waals surface area (Å²) in [6.07, 6.45) is 1.54. The van der Waals surface area contributed by atoms with Crippen molar-refractivity contribution < 1.29 is 9.59 Å². The van der Waals surface area contributed by atoms with E-state index >= 15 is 0 Å². The van der Waals surface area contributed by atoms with Crippen molar-refractivity contribution in [2.24, 2.45) is 5.73 Å². The average molecular weight is 367 g/mol. The smallest absolute Gasteiger partial charge is 0.237 e. The molecule has 0 saturated carbocycles. The van der Waals surface area contributed by atoms with Crippen molar-refractivity contribution in [3.63, 3.8) is 0 Å². The van der Waals surface area contributed by atoms with Gasteiger partial charge in [-0.2, -0.15) is 0 Å². The Morgan fingerprint density at radius 2 is 1.41 bits per heavy atom. The first-order valence-electron chi connectivity index (χ1n) is 9.40. The summed E-state index contributed by atoms with van der Waals surface area (Å²) in [4.78, 5) is 25.6. The molecule has 144 valence electrons. The molecule has 27 heavy (non-hydrogen) atoms. The minimum Gasteiger partial charge on any atom is -0.345 e. The molecule has 2 rings (SSSR count). The predicted octanol–water partition coefficient (Wildman–Crippen LogP) is 1.85. The van der Waals surface area contributed by atoms with Crippen LogP contribution < -0.4 is 16.4 Å². The summed E-state index contributed by atoms with van der Waals surface area (Å²) in [6.45, 7) is 1.95. The number of ketones is 1. The monoisotopic (exact) mass is 367 g/mol. The first kappa shape index (κ1) is 20.8. The predicted molar refractivity (Wildman–Crippen MR) is 108 cm³/mol. The SMILES string of the molecule is CCC(NC)C(=O)C(Cc1ccccc1)NC(=O)C(N)Cc1ccccc1. The van der Waals surface area contributed by atoms with E-state index in [0.29, 0.717) is 19.3 Å². The molecule has 4 N–H and O–H groups in total. The van der Waals surface area contributed by atoms with Crippen molar-refractivity contribution in [3.8, 4) is 0 Å². The number of hydrogen-bond acceptors (Lipinski definition) is 4. The van der Waals surface area contributed by atoms with Crippen molar-refractivity contribution in [2.45, 2.75) is 44.3 Å². The molecule has 0 fully saturated rings. The lowest BCUT2D eigenvalue weighted by Crippen LogP contribution is -2.54. The molecule has 0 spiro atoms. The van der Waals surface area contributed by atoms with Gasteiger partial charge in [-0.3, -0.25) is 9.59 Å². The molecule has 0 radical (unpaired) electrons. The second kappa shape index (κ2) is 10.6. The van der Waals surface area contributed by atoms with E-state index in [0.717, 1.165) is 11.1 Å². The summed E-state index contributed by atoms with van der Waals surface area (Å²) in [6, 6.07) is 17.7. The Labute approximate surface area is 161 Å². The number of hydrogen-bond donors (Lipinski definition) is 3. The van der Waals surface area contributed by atoms with Gasteiger partial charge in [0.15, 0.2) is 5.78 Å². The minimum atomic E-state index is -0.701. The Hall–Kier alpha value is -2.50. The molecule has 1 amide bonds. The third-order valence-electron chi connectivity index (χ3n) is 4.68. The Balaban J connectivity index is 2.09. The molecule has 5 heteroatoms. The minimum absolute atomic E-state index is 0.0240. The number of nitrogens with one attached hydrogen (secondary N) is 2. The van der Waals surface area contributed by atoms with Gasteiger partial charge in [-0.1, -0.05) is 67.6 Å². The van der Waals surface area contributed by atoms with Crippen molar-refractivity contribution in [2.75, 3.05) is 7.05 Å². The molecule has 3 atom stereocenters. The molecule has 0 bridgehead atoms. The lowest BCUT2D eigenvalue weighted by molar-refractivity contribution is -0.129. The fraction of sp³-hybridized carbons (Fsp3) is 0.364. The Bertz CT molecular complexity index is 715.